The second kappa shape index (κ2) is 7.41. The van der Waals surface area contributed by atoms with Gasteiger partial charge in [0.15, 0.2) is 0 Å². The van der Waals surface area contributed by atoms with Crippen LogP contribution in [0.25, 0.3) is 0 Å². The molecule has 1 heterocycles. The zero-order valence-electron chi connectivity index (χ0n) is 13.5. The molecule has 0 atom stereocenters. The normalized spacial score (nSPS) is 18.3. The summed E-state index contributed by atoms with van der Waals surface area (Å²) in [5.74, 6) is -0.0454. The van der Waals surface area contributed by atoms with Crippen LogP contribution in [0.4, 0.5) is 4.39 Å². The SMILES string of the molecule is O=C(NO)c1cc(F)c2c(c1)CCN(CCCCC1CCC1)C2. The molecule has 126 valence electrons. The van der Waals surface area contributed by atoms with Crippen molar-refractivity contribution in [3.63, 3.8) is 0 Å². The Hall–Kier alpha value is -1.46. The molecule has 1 aliphatic heterocycles. The third-order valence-corrected chi connectivity index (χ3v) is 5.29. The molecule has 1 amide bonds. The van der Waals surface area contributed by atoms with E-state index in [1.165, 1.54) is 44.6 Å². The Labute approximate surface area is 136 Å². The third-order valence-electron chi connectivity index (χ3n) is 5.29. The molecule has 0 spiro atoms. The number of rotatable bonds is 6. The van der Waals surface area contributed by atoms with Crippen molar-refractivity contribution in [2.45, 2.75) is 51.5 Å². The van der Waals surface area contributed by atoms with E-state index < -0.39 is 5.91 Å². The molecule has 2 N–H and O–H groups in total. The van der Waals surface area contributed by atoms with Gasteiger partial charge >= 0.3 is 0 Å². The molecule has 0 radical (unpaired) electrons. The number of amides is 1. The van der Waals surface area contributed by atoms with Gasteiger partial charge in [-0.15, -0.1) is 0 Å². The maximum Gasteiger partial charge on any atom is 0.274 e. The first-order valence-corrected chi connectivity index (χ1v) is 8.65. The molecule has 0 saturated heterocycles. The molecule has 0 bridgehead atoms. The van der Waals surface area contributed by atoms with Crippen LogP contribution in [0.3, 0.4) is 0 Å². The van der Waals surface area contributed by atoms with Crippen molar-refractivity contribution >= 4 is 5.91 Å². The highest BCUT2D eigenvalue weighted by atomic mass is 19.1. The molecule has 0 unspecified atom stereocenters. The van der Waals surface area contributed by atoms with Crippen molar-refractivity contribution < 1.29 is 14.4 Å². The lowest BCUT2D eigenvalue weighted by Crippen LogP contribution is -2.32. The van der Waals surface area contributed by atoms with Crippen LogP contribution in [0.5, 0.6) is 0 Å². The number of nitrogens with zero attached hydrogens (tertiary/aromatic N) is 1. The molecule has 4 nitrogen and oxygen atoms in total. The van der Waals surface area contributed by atoms with Crippen LogP contribution in [-0.2, 0) is 13.0 Å². The standard InChI is InChI=1S/C18H25FN2O2/c19-17-11-15(18(22)20-23)10-14-7-9-21(12-16(14)17)8-2-1-4-13-5-3-6-13/h10-11,13,23H,1-9,12H2,(H,20,22). The Kier molecular flexibility index (Phi) is 5.28. The van der Waals surface area contributed by atoms with E-state index in [0.717, 1.165) is 31.0 Å². The van der Waals surface area contributed by atoms with Crippen LogP contribution in [-0.4, -0.2) is 29.1 Å². The molecule has 3 rings (SSSR count). The number of nitrogens with one attached hydrogen (secondary N) is 1. The number of hydrogen-bond acceptors (Lipinski definition) is 3. The number of unbranched alkanes of at least 4 members (excludes halogenated alkanes) is 1. The van der Waals surface area contributed by atoms with Crippen LogP contribution >= 0.6 is 0 Å². The van der Waals surface area contributed by atoms with Gasteiger partial charge in [0, 0.05) is 24.2 Å². The van der Waals surface area contributed by atoms with Gasteiger partial charge in [-0.25, -0.2) is 9.87 Å². The van der Waals surface area contributed by atoms with Crippen molar-refractivity contribution in [3.8, 4) is 0 Å². The van der Waals surface area contributed by atoms with Crippen LogP contribution in [0.15, 0.2) is 12.1 Å². The van der Waals surface area contributed by atoms with Crippen molar-refractivity contribution in [1.29, 1.82) is 0 Å². The quantitative estimate of drug-likeness (QED) is 0.480. The minimum atomic E-state index is -0.662. The average Bonchev–Trinajstić information content (AvgIpc) is 2.52. The van der Waals surface area contributed by atoms with Crippen molar-refractivity contribution in [3.05, 3.63) is 34.6 Å². The predicted octanol–water partition coefficient (Wildman–Crippen LogP) is 3.27. The maximum absolute atomic E-state index is 14.3. The van der Waals surface area contributed by atoms with Crippen molar-refractivity contribution in [2.24, 2.45) is 5.92 Å². The minimum absolute atomic E-state index is 0.178. The molecular weight excluding hydrogens is 295 g/mol. The molecule has 1 aliphatic carbocycles. The number of fused-ring (bicyclic) bond motifs is 1. The molecular formula is C18H25FN2O2. The van der Waals surface area contributed by atoms with E-state index in [9.17, 15) is 9.18 Å². The molecule has 1 fully saturated rings. The van der Waals surface area contributed by atoms with Crippen molar-refractivity contribution in [2.75, 3.05) is 13.1 Å². The van der Waals surface area contributed by atoms with E-state index >= 15 is 0 Å². The second-order valence-corrected chi connectivity index (χ2v) is 6.86. The lowest BCUT2D eigenvalue weighted by atomic mass is 9.82. The first-order valence-electron chi connectivity index (χ1n) is 8.65. The lowest BCUT2D eigenvalue weighted by molar-refractivity contribution is 0.0705. The van der Waals surface area contributed by atoms with E-state index in [4.69, 9.17) is 5.21 Å². The minimum Gasteiger partial charge on any atom is -0.299 e. The summed E-state index contributed by atoms with van der Waals surface area (Å²) in [6.45, 7) is 2.54. The van der Waals surface area contributed by atoms with E-state index in [1.807, 2.05) is 0 Å². The Morgan fingerprint density at radius 2 is 2.17 bits per heavy atom. The predicted molar refractivity (Wildman–Crippen MR) is 85.8 cm³/mol. The number of halogens is 1. The van der Waals surface area contributed by atoms with Gasteiger partial charge in [-0.05, 0) is 43.0 Å². The van der Waals surface area contributed by atoms with Gasteiger partial charge in [0.25, 0.3) is 5.91 Å². The number of hydrogen-bond donors (Lipinski definition) is 2. The monoisotopic (exact) mass is 320 g/mol. The molecule has 1 saturated carbocycles. The number of hydroxylamine groups is 1. The Morgan fingerprint density at radius 3 is 2.87 bits per heavy atom. The van der Waals surface area contributed by atoms with E-state index in [0.29, 0.717) is 12.1 Å². The summed E-state index contributed by atoms with van der Waals surface area (Å²) in [4.78, 5) is 13.7. The molecule has 0 aromatic heterocycles. The van der Waals surface area contributed by atoms with Gasteiger partial charge in [-0.1, -0.05) is 32.1 Å². The molecule has 5 heteroatoms. The highest BCUT2D eigenvalue weighted by Gasteiger charge is 2.22. The van der Waals surface area contributed by atoms with Crippen molar-refractivity contribution in [1.82, 2.24) is 10.4 Å². The molecule has 23 heavy (non-hydrogen) atoms. The summed E-state index contributed by atoms with van der Waals surface area (Å²) in [5, 5.41) is 8.68. The smallest absolute Gasteiger partial charge is 0.274 e. The highest BCUT2D eigenvalue weighted by Crippen LogP contribution is 2.31. The van der Waals surface area contributed by atoms with Gasteiger partial charge in [0.1, 0.15) is 5.82 Å². The zero-order valence-corrected chi connectivity index (χ0v) is 13.5. The van der Waals surface area contributed by atoms with Gasteiger partial charge < -0.3 is 0 Å². The summed E-state index contributed by atoms with van der Waals surface area (Å²) in [7, 11) is 0. The summed E-state index contributed by atoms with van der Waals surface area (Å²) < 4.78 is 14.3. The first-order chi connectivity index (χ1) is 11.2. The van der Waals surface area contributed by atoms with Crippen LogP contribution in [0, 0.1) is 11.7 Å². The molecule has 1 aromatic carbocycles. The highest BCUT2D eigenvalue weighted by molar-refractivity contribution is 5.93. The fourth-order valence-electron chi connectivity index (χ4n) is 3.61. The number of benzene rings is 1. The lowest BCUT2D eigenvalue weighted by Gasteiger charge is -2.30. The van der Waals surface area contributed by atoms with Crippen LogP contribution in [0.1, 0.15) is 60.0 Å². The Bertz CT molecular complexity index is 572. The maximum atomic E-state index is 14.3. The molecule has 2 aliphatic rings. The second-order valence-electron chi connectivity index (χ2n) is 6.86. The summed E-state index contributed by atoms with van der Waals surface area (Å²) in [6, 6.07) is 2.91. The Balaban J connectivity index is 1.54. The summed E-state index contributed by atoms with van der Waals surface area (Å²) in [6.07, 6.45) is 8.77. The van der Waals surface area contributed by atoms with Gasteiger partial charge in [-0.3, -0.25) is 14.9 Å². The van der Waals surface area contributed by atoms with Gasteiger partial charge in [-0.2, -0.15) is 0 Å². The fourth-order valence-corrected chi connectivity index (χ4v) is 3.61. The topological polar surface area (TPSA) is 52.6 Å². The van der Waals surface area contributed by atoms with E-state index in [2.05, 4.69) is 4.90 Å². The Morgan fingerprint density at radius 1 is 1.35 bits per heavy atom. The van der Waals surface area contributed by atoms with E-state index in [1.54, 1.807) is 11.5 Å². The number of carbonyl (C=O) groups is 1. The number of carbonyl (C=O) groups excluding carboxylic acids is 1. The van der Waals surface area contributed by atoms with Gasteiger partial charge in [0.2, 0.25) is 0 Å². The first kappa shape index (κ1) is 16.4. The van der Waals surface area contributed by atoms with Gasteiger partial charge in [0.05, 0.1) is 0 Å². The summed E-state index contributed by atoms with van der Waals surface area (Å²) in [5.41, 5.74) is 3.32. The zero-order chi connectivity index (χ0) is 16.2. The largest absolute Gasteiger partial charge is 0.299 e. The molecule has 1 aromatic rings. The van der Waals surface area contributed by atoms with Crippen LogP contribution < -0.4 is 5.48 Å². The summed E-state index contributed by atoms with van der Waals surface area (Å²) >= 11 is 0. The van der Waals surface area contributed by atoms with E-state index in [-0.39, 0.29) is 11.4 Å². The van der Waals surface area contributed by atoms with Crippen LogP contribution in [0.2, 0.25) is 0 Å². The fraction of sp³-hybridized carbons (Fsp3) is 0.611. The third kappa shape index (κ3) is 3.90. The average molecular weight is 320 g/mol.